The summed E-state index contributed by atoms with van der Waals surface area (Å²) in [7, 11) is 0. The van der Waals surface area contributed by atoms with Crippen molar-refractivity contribution >= 4 is 47.1 Å². The van der Waals surface area contributed by atoms with Gasteiger partial charge < -0.3 is 31.2 Å². The molecule has 0 aromatic heterocycles. The number of unbranched alkanes of at least 4 members (excludes halogenated alkanes) is 2. The third kappa shape index (κ3) is 18.1. The van der Waals surface area contributed by atoms with Crippen molar-refractivity contribution in [2.75, 3.05) is 13.1 Å². The van der Waals surface area contributed by atoms with E-state index in [9.17, 15) is 19.2 Å². The van der Waals surface area contributed by atoms with E-state index in [0.717, 1.165) is 25.7 Å². The van der Waals surface area contributed by atoms with Crippen molar-refractivity contribution in [3.8, 4) is 0 Å². The topological polar surface area (TPSA) is 179 Å². The van der Waals surface area contributed by atoms with Crippen molar-refractivity contribution in [3.05, 3.63) is 35.4 Å². The van der Waals surface area contributed by atoms with Crippen LogP contribution in [0.1, 0.15) is 73.1 Å². The van der Waals surface area contributed by atoms with E-state index in [1.165, 1.54) is 24.3 Å². The van der Waals surface area contributed by atoms with E-state index >= 15 is 0 Å². The van der Waals surface area contributed by atoms with Crippen molar-refractivity contribution in [2.24, 2.45) is 11.5 Å². The summed E-state index contributed by atoms with van der Waals surface area (Å²) in [5, 5.41) is 17.1. The molecule has 0 bridgehead atoms. The lowest BCUT2D eigenvalue weighted by molar-refractivity contribution is -0.144. The molecule has 1 aromatic carbocycles. The zero-order chi connectivity index (χ0) is 26.5. The van der Waals surface area contributed by atoms with Crippen LogP contribution < -0.4 is 11.5 Å². The first-order chi connectivity index (χ1) is 16.0. The highest BCUT2D eigenvalue weighted by Crippen LogP contribution is 2.09. The van der Waals surface area contributed by atoms with Gasteiger partial charge in [0, 0.05) is 0 Å². The number of hydrogen-bond acceptors (Lipinski definition) is 8. The van der Waals surface area contributed by atoms with Crippen LogP contribution in [-0.2, 0) is 19.1 Å². The monoisotopic (exact) mass is 524 g/mol. The maximum atomic E-state index is 10.6. The molecule has 0 saturated carbocycles. The van der Waals surface area contributed by atoms with Crippen LogP contribution in [0.15, 0.2) is 24.3 Å². The van der Waals surface area contributed by atoms with Crippen LogP contribution in [-0.4, -0.2) is 58.3 Å². The zero-order valence-corrected chi connectivity index (χ0v) is 20.9. The Balaban J connectivity index is 0. The molecule has 10 nitrogen and oxygen atoms in total. The number of hydrogen-bond donors (Lipinski definition) is 4. The highest BCUT2D eigenvalue weighted by molar-refractivity contribution is 6.20. The first kappa shape index (κ1) is 33.8. The number of ether oxygens (including phenoxy) is 2. The Morgan fingerprint density at radius 1 is 0.794 bits per heavy atom. The quantitative estimate of drug-likeness (QED) is 0.233. The van der Waals surface area contributed by atoms with Gasteiger partial charge in [0.05, 0.1) is 24.2 Å². The van der Waals surface area contributed by atoms with E-state index in [1.807, 2.05) is 13.8 Å². The molecular weight excluding hydrogens is 491 g/mol. The molecule has 0 fully saturated rings. The number of carbonyl (C=O) groups excluding carboxylic acids is 2. The summed E-state index contributed by atoms with van der Waals surface area (Å²) >= 11 is 11.3. The maximum absolute atomic E-state index is 10.6. The van der Waals surface area contributed by atoms with Crippen LogP contribution in [0.3, 0.4) is 0 Å². The van der Waals surface area contributed by atoms with E-state index < -0.39 is 35.0 Å². The van der Waals surface area contributed by atoms with Gasteiger partial charge in [0.15, 0.2) is 11.1 Å². The van der Waals surface area contributed by atoms with Gasteiger partial charge in [-0.15, -0.1) is 0 Å². The van der Waals surface area contributed by atoms with E-state index in [4.69, 9.17) is 54.4 Å². The molecule has 0 saturated heterocycles. The lowest BCUT2D eigenvalue weighted by Gasteiger charge is -2.08. The minimum Gasteiger partial charge on any atom is -0.478 e. The standard InChI is InChI=1S/C8H6O4.2C7H14ClNO2/c9-7(10)5-3-1-2-4-6(5)8(11)12;2*1-2-3-4-6(8)11-7(10)5-9/h1-4H,(H,9,10)(H,11,12);2*6H,2-5,9H2,1H3. The van der Waals surface area contributed by atoms with Crippen molar-refractivity contribution in [2.45, 2.75) is 63.5 Å². The lowest BCUT2D eigenvalue weighted by Crippen LogP contribution is -2.20. The van der Waals surface area contributed by atoms with Crippen LogP contribution in [0.2, 0.25) is 0 Å². The Kier molecular flexibility index (Phi) is 21.0. The molecule has 1 aromatic rings. The van der Waals surface area contributed by atoms with E-state index in [-0.39, 0.29) is 24.2 Å². The Hall–Kier alpha value is -2.40. The summed E-state index contributed by atoms with van der Waals surface area (Å²) < 4.78 is 9.41. The molecule has 6 N–H and O–H groups in total. The number of benzene rings is 1. The van der Waals surface area contributed by atoms with Gasteiger partial charge in [0.1, 0.15) is 0 Å². The van der Waals surface area contributed by atoms with E-state index in [2.05, 4.69) is 0 Å². The molecule has 2 unspecified atom stereocenters. The maximum Gasteiger partial charge on any atom is 0.336 e. The molecule has 0 aliphatic rings. The summed E-state index contributed by atoms with van der Waals surface area (Å²) in [5.74, 6) is -3.34. The molecule has 1 rings (SSSR count). The van der Waals surface area contributed by atoms with Gasteiger partial charge in [-0.2, -0.15) is 0 Å². The molecule has 194 valence electrons. The smallest absolute Gasteiger partial charge is 0.336 e. The van der Waals surface area contributed by atoms with Gasteiger partial charge in [0.25, 0.3) is 0 Å². The summed E-state index contributed by atoms with van der Waals surface area (Å²) in [4.78, 5) is 42.0. The number of halogens is 2. The van der Waals surface area contributed by atoms with Crippen molar-refractivity contribution in [1.82, 2.24) is 0 Å². The number of aromatic carboxylic acids is 2. The molecule has 0 amide bonds. The number of nitrogens with two attached hydrogens (primary N) is 2. The van der Waals surface area contributed by atoms with Crippen LogP contribution in [0.25, 0.3) is 0 Å². The predicted octanol–water partition coefficient (Wildman–Crippen LogP) is 3.57. The van der Waals surface area contributed by atoms with E-state index in [1.54, 1.807) is 0 Å². The second-order valence-corrected chi connectivity index (χ2v) is 7.62. The summed E-state index contributed by atoms with van der Waals surface area (Å²) in [6.07, 6.45) is 5.42. The average molecular weight is 525 g/mol. The Morgan fingerprint density at radius 3 is 1.35 bits per heavy atom. The molecule has 12 heteroatoms. The lowest BCUT2D eigenvalue weighted by atomic mass is 10.1. The number of rotatable bonds is 12. The van der Waals surface area contributed by atoms with Crippen LogP contribution >= 0.6 is 23.2 Å². The minimum absolute atomic E-state index is 0.102. The predicted molar refractivity (Wildman–Crippen MR) is 129 cm³/mol. The SMILES string of the molecule is CCCCC(Cl)OC(=O)CN.CCCCC(Cl)OC(=O)CN.O=C(O)c1ccccc1C(=O)O. The molecule has 0 spiro atoms. The number of carbonyl (C=O) groups is 4. The largest absolute Gasteiger partial charge is 0.478 e. The van der Waals surface area contributed by atoms with Gasteiger partial charge in [-0.1, -0.05) is 62.0 Å². The highest BCUT2D eigenvalue weighted by atomic mass is 35.5. The Morgan fingerprint density at radius 2 is 1.12 bits per heavy atom. The van der Waals surface area contributed by atoms with Crippen molar-refractivity contribution in [3.63, 3.8) is 0 Å². The first-order valence-corrected chi connectivity index (χ1v) is 11.5. The number of carboxylic acids is 2. The third-order valence-electron chi connectivity index (χ3n) is 3.81. The second kappa shape index (κ2) is 21.2. The molecule has 34 heavy (non-hydrogen) atoms. The normalized spacial score (nSPS) is 11.5. The molecular formula is C22H34Cl2N2O8. The van der Waals surface area contributed by atoms with Gasteiger partial charge in [-0.25, -0.2) is 9.59 Å². The fourth-order valence-electron chi connectivity index (χ4n) is 2.08. The van der Waals surface area contributed by atoms with Gasteiger partial charge in [-0.3, -0.25) is 9.59 Å². The van der Waals surface area contributed by atoms with Crippen LogP contribution in [0.5, 0.6) is 0 Å². The van der Waals surface area contributed by atoms with Crippen molar-refractivity contribution < 1.29 is 38.9 Å². The number of alkyl halides is 2. The molecule has 0 radical (unpaired) electrons. The minimum atomic E-state index is -1.23. The fourth-order valence-corrected chi connectivity index (χ4v) is 2.59. The van der Waals surface area contributed by atoms with Gasteiger partial charge in [-0.05, 0) is 37.8 Å². The van der Waals surface area contributed by atoms with Crippen LogP contribution in [0.4, 0.5) is 0 Å². The molecule has 0 aliphatic carbocycles. The van der Waals surface area contributed by atoms with Gasteiger partial charge in [0.2, 0.25) is 0 Å². The molecule has 0 heterocycles. The zero-order valence-electron chi connectivity index (χ0n) is 19.4. The van der Waals surface area contributed by atoms with Crippen LogP contribution in [0, 0.1) is 0 Å². The van der Waals surface area contributed by atoms with E-state index in [0.29, 0.717) is 12.8 Å². The summed E-state index contributed by atoms with van der Waals surface area (Å²) in [5.41, 5.74) is 8.64. The van der Waals surface area contributed by atoms with Gasteiger partial charge >= 0.3 is 23.9 Å². The molecule has 2 atom stereocenters. The fraction of sp³-hybridized carbons (Fsp3) is 0.545. The second-order valence-electron chi connectivity index (χ2n) is 6.65. The average Bonchev–Trinajstić information content (AvgIpc) is 2.81. The Bertz CT molecular complexity index is 688. The highest BCUT2D eigenvalue weighted by Gasteiger charge is 2.13. The molecule has 0 aliphatic heterocycles. The summed E-state index contributed by atoms with van der Waals surface area (Å²) in [6.45, 7) is 3.90. The Labute approximate surface area is 209 Å². The number of esters is 2. The van der Waals surface area contributed by atoms with Crippen molar-refractivity contribution in [1.29, 1.82) is 0 Å². The third-order valence-corrected chi connectivity index (χ3v) is 4.42. The number of carboxylic acid groups (broad SMARTS) is 2. The summed E-state index contributed by atoms with van der Waals surface area (Å²) in [6, 6.07) is 5.48. The first-order valence-electron chi connectivity index (χ1n) is 10.7.